The zero-order chi connectivity index (χ0) is 12.8. The third-order valence-electron chi connectivity index (χ3n) is 4.00. The highest BCUT2D eigenvalue weighted by atomic mass is 35.5. The van der Waals surface area contributed by atoms with E-state index < -0.39 is 0 Å². The molecule has 1 aromatic rings. The van der Waals surface area contributed by atoms with E-state index in [0.717, 1.165) is 18.6 Å². The van der Waals surface area contributed by atoms with Crippen LogP contribution in [-0.2, 0) is 11.2 Å². The molecule has 0 amide bonds. The van der Waals surface area contributed by atoms with Gasteiger partial charge in [-0.1, -0.05) is 17.7 Å². The fraction of sp³-hybridized carbons (Fsp3) is 0.571. The van der Waals surface area contributed by atoms with Crippen molar-refractivity contribution in [2.45, 2.75) is 37.3 Å². The molecule has 1 aliphatic heterocycles. The first-order valence-electron chi connectivity index (χ1n) is 6.43. The molecule has 2 nitrogen and oxygen atoms in total. The van der Waals surface area contributed by atoms with Crippen LogP contribution in [0.2, 0.25) is 5.02 Å². The first kappa shape index (κ1) is 12.4. The zero-order valence-corrected chi connectivity index (χ0v) is 10.9. The van der Waals surface area contributed by atoms with Crippen molar-refractivity contribution in [3.05, 3.63) is 34.6 Å². The summed E-state index contributed by atoms with van der Waals surface area (Å²) in [6.07, 6.45) is 4.15. The highest BCUT2D eigenvalue weighted by Crippen LogP contribution is 2.43. The van der Waals surface area contributed by atoms with Crippen molar-refractivity contribution < 1.29 is 9.13 Å². The van der Waals surface area contributed by atoms with Crippen LogP contribution in [-0.4, -0.2) is 18.2 Å². The molecule has 1 aliphatic carbocycles. The molecule has 2 aliphatic rings. The predicted octanol–water partition coefficient (Wildman–Crippen LogP) is 2.92. The summed E-state index contributed by atoms with van der Waals surface area (Å²) in [5.41, 5.74) is 7.17. The van der Waals surface area contributed by atoms with Gasteiger partial charge >= 0.3 is 0 Å². The number of nitrogens with two attached hydrogens (primary N) is 1. The van der Waals surface area contributed by atoms with Crippen molar-refractivity contribution in [2.75, 3.05) is 6.61 Å². The predicted molar refractivity (Wildman–Crippen MR) is 69.1 cm³/mol. The molecule has 1 heterocycles. The lowest BCUT2D eigenvalue weighted by atomic mass is 9.83. The Kier molecular flexibility index (Phi) is 3.08. The van der Waals surface area contributed by atoms with Gasteiger partial charge in [0.25, 0.3) is 0 Å². The van der Waals surface area contributed by atoms with E-state index in [1.807, 2.05) is 0 Å². The summed E-state index contributed by atoms with van der Waals surface area (Å²) in [7, 11) is 0. The molecule has 0 bridgehead atoms. The van der Waals surface area contributed by atoms with Gasteiger partial charge < -0.3 is 10.5 Å². The standard InChI is InChI=1S/C14H17ClFNO/c15-11-7-9(1-4-12(11)16)8-14(17)5-6-18-13(14)10-2-3-10/h1,4,7,10,13H,2-3,5-6,8,17H2. The van der Waals surface area contributed by atoms with Crippen molar-refractivity contribution in [2.24, 2.45) is 11.7 Å². The monoisotopic (exact) mass is 269 g/mol. The van der Waals surface area contributed by atoms with Crippen molar-refractivity contribution in [1.82, 2.24) is 0 Å². The molecule has 98 valence electrons. The molecule has 1 saturated carbocycles. The summed E-state index contributed by atoms with van der Waals surface area (Å²) in [5.74, 6) is 0.237. The fourth-order valence-corrected chi connectivity index (χ4v) is 3.11. The summed E-state index contributed by atoms with van der Waals surface area (Å²) in [6, 6.07) is 4.84. The van der Waals surface area contributed by atoms with Gasteiger partial charge in [-0.3, -0.25) is 0 Å². The number of ether oxygens (including phenoxy) is 1. The van der Waals surface area contributed by atoms with E-state index in [0.29, 0.717) is 12.3 Å². The topological polar surface area (TPSA) is 35.2 Å². The van der Waals surface area contributed by atoms with Gasteiger partial charge in [0.05, 0.1) is 11.1 Å². The number of hydrogen-bond donors (Lipinski definition) is 1. The molecule has 3 rings (SSSR count). The van der Waals surface area contributed by atoms with Gasteiger partial charge in [-0.15, -0.1) is 0 Å². The number of hydrogen-bond acceptors (Lipinski definition) is 2. The van der Waals surface area contributed by atoms with E-state index in [-0.39, 0.29) is 22.5 Å². The summed E-state index contributed by atoms with van der Waals surface area (Å²) < 4.78 is 18.9. The second-order valence-electron chi connectivity index (χ2n) is 5.54. The molecule has 1 saturated heterocycles. The summed E-state index contributed by atoms with van der Waals surface area (Å²) >= 11 is 5.81. The first-order chi connectivity index (χ1) is 8.58. The van der Waals surface area contributed by atoms with Gasteiger partial charge in [0, 0.05) is 12.1 Å². The van der Waals surface area contributed by atoms with E-state index in [9.17, 15) is 4.39 Å². The molecule has 2 unspecified atom stereocenters. The second-order valence-corrected chi connectivity index (χ2v) is 5.94. The van der Waals surface area contributed by atoms with Crippen molar-refractivity contribution in [1.29, 1.82) is 0 Å². The minimum atomic E-state index is -0.382. The average Bonchev–Trinajstić information content (AvgIpc) is 3.08. The smallest absolute Gasteiger partial charge is 0.141 e. The van der Waals surface area contributed by atoms with Gasteiger partial charge in [-0.25, -0.2) is 4.39 Å². The molecule has 0 spiro atoms. The highest BCUT2D eigenvalue weighted by Gasteiger charge is 2.48. The third-order valence-corrected chi connectivity index (χ3v) is 4.29. The molecule has 2 fully saturated rings. The molecule has 1 aromatic carbocycles. The minimum Gasteiger partial charge on any atom is -0.376 e. The molecule has 2 N–H and O–H groups in total. The van der Waals surface area contributed by atoms with Gasteiger partial charge in [-0.05, 0) is 49.3 Å². The lowest BCUT2D eigenvalue weighted by Crippen LogP contribution is -2.50. The zero-order valence-electron chi connectivity index (χ0n) is 10.2. The van der Waals surface area contributed by atoms with Crippen LogP contribution in [0.5, 0.6) is 0 Å². The maximum Gasteiger partial charge on any atom is 0.141 e. The lowest BCUT2D eigenvalue weighted by Gasteiger charge is -2.30. The Hall–Kier alpha value is -0.640. The van der Waals surface area contributed by atoms with Crippen LogP contribution in [0.25, 0.3) is 0 Å². The van der Waals surface area contributed by atoms with Crippen LogP contribution in [0.4, 0.5) is 4.39 Å². The van der Waals surface area contributed by atoms with E-state index in [4.69, 9.17) is 22.1 Å². The Morgan fingerprint density at radius 1 is 1.44 bits per heavy atom. The van der Waals surface area contributed by atoms with Crippen LogP contribution in [0.3, 0.4) is 0 Å². The average molecular weight is 270 g/mol. The largest absolute Gasteiger partial charge is 0.376 e. The van der Waals surface area contributed by atoms with E-state index >= 15 is 0 Å². The maximum absolute atomic E-state index is 13.1. The minimum absolute atomic E-state index is 0.154. The Morgan fingerprint density at radius 3 is 2.89 bits per heavy atom. The molecular formula is C14H17ClFNO. The van der Waals surface area contributed by atoms with E-state index in [2.05, 4.69) is 0 Å². The molecular weight excluding hydrogens is 253 g/mol. The Morgan fingerprint density at radius 2 is 2.22 bits per heavy atom. The first-order valence-corrected chi connectivity index (χ1v) is 6.81. The highest BCUT2D eigenvalue weighted by molar-refractivity contribution is 6.30. The normalized spacial score (nSPS) is 31.8. The van der Waals surface area contributed by atoms with Gasteiger partial charge in [0.1, 0.15) is 5.82 Å². The Balaban J connectivity index is 1.79. The molecule has 4 heteroatoms. The SMILES string of the molecule is NC1(Cc2ccc(F)c(Cl)c2)CCOC1C1CC1. The van der Waals surface area contributed by atoms with Gasteiger partial charge in [-0.2, -0.15) is 0 Å². The van der Waals surface area contributed by atoms with Gasteiger partial charge in [0.2, 0.25) is 0 Å². The number of rotatable bonds is 3. The summed E-state index contributed by atoms with van der Waals surface area (Å²) in [6.45, 7) is 0.729. The number of halogens is 2. The molecule has 0 radical (unpaired) electrons. The lowest BCUT2D eigenvalue weighted by molar-refractivity contribution is 0.0626. The van der Waals surface area contributed by atoms with Crippen molar-refractivity contribution >= 4 is 11.6 Å². The van der Waals surface area contributed by atoms with E-state index in [1.54, 1.807) is 12.1 Å². The summed E-state index contributed by atoms with van der Waals surface area (Å²) in [4.78, 5) is 0. The molecule has 2 atom stereocenters. The van der Waals surface area contributed by atoms with E-state index in [1.165, 1.54) is 18.9 Å². The molecule has 18 heavy (non-hydrogen) atoms. The van der Waals surface area contributed by atoms with Crippen LogP contribution in [0.1, 0.15) is 24.8 Å². The Labute approximate surface area is 111 Å². The van der Waals surface area contributed by atoms with Crippen LogP contribution < -0.4 is 5.73 Å². The van der Waals surface area contributed by atoms with Crippen LogP contribution in [0.15, 0.2) is 18.2 Å². The van der Waals surface area contributed by atoms with Crippen molar-refractivity contribution in [3.63, 3.8) is 0 Å². The summed E-state index contributed by atoms with van der Waals surface area (Å²) in [5, 5.41) is 0.165. The number of benzene rings is 1. The maximum atomic E-state index is 13.1. The quantitative estimate of drug-likeness (QED) is 0.916. The Bertz CT molecular complexity index is 463. The molecule has 0 aromatic heterocycles. The van der Waals surface area contributed by atoms with Crippen molar-refractivity contribution in [3.8, 4) is 0 Å². The fourth-order valence-electron chi connectivity index (χ4n) is 2.91. The van der Waals surface area contributed by atoms with Crippen LogP contribution in [0, 0.1) is 11.7 Å². The van der Waals surface area contributed by atoms with Gasteiger partial charge in [0.15, 0.2) is 0 Å². The third kappa shape index (κ3) is 2.27. The second kappa shape index (κ2) is 4.48. The van der Waals surface area contributed by atoms with Crippen LogP contribution >= 0.6 is 11.6 Å².